The first kappa shape index (κ1) is 29.6. The second-order valence-electron chi connectivity index (χ2n) is 9.12. The lowest BCUT2D eigenvalue weighted by atomic mass is 9.96. The van der Waals surface area contributed by atoms with E-state index in [2.05, 4.69) is 40.6 Å². The average molecular weight is 640 g/mol. The number of allylic oxidation sites excluding steroid dienone is 4. The molecule has 1 aromatic carbocycles. The Kier molecular flexibility index (Phi) is 11.0. The lowest BCUT2D eigenvalue weighted by Gasteiger charge is -2.39. The number of alkyl halides is 2. The number of thiophene rings is 1. The molecule has 0 amide bonds. The van der Waals surface area contributed by atoms with Gasteiger partial charge in [-0.2, -0.15) is 0 Å². The highest BCUT2D eigenvalue weighted by molar-refractivity contribution is 14.1. The zero-order chi connectivity index (χ0) is 27.1. The fourth-order valence-electron chi connectivity index (χ4n) is 3.98. The van der Waals surface area contributed by atoms with Gasteiger partial charge in [0.1, 0.15) is 23.7 Å². The Hall–Kier alpha value is -1.98. The number of aromatic hydroxyl groups is 1. The van der Waals surface area contributed by atoms with Gasteiger partial charge in [0.05, 0.1) is 12.8 Å². The van der Waals surface area contributed by atoms with Crippen molar-refractivity contribution in [3.05, 3.63) is 83.5 Å². The predicted molar refractivity (Wildman–Crippen MR) is 160 cm³/mol. The van der Waals surface area contributed by atoms with Gasteiger partial charge >= 0.3 is 0 Å². The SMILES string of the molecule is C=C(/C=C\[C@@H](O)C(C)I)c1sc2cc(O)ccc2c1[C@@H](O)C(=C)/C=C\C(=C/C)OC1CN(CCCF)C1. The topological polar surface area (TPSA) is 73.2 Å². The smallest absolute Gasteiger partial charge is 0.124 e. The first-order valence-corrected chi connectivity index (χ1v) is 14.3. The second kappa shape index (κ2) is 13.7. The summed E-state index contributed by atoms with van der Waals surface area (Å²) in [5, 5.41) is 32.3. The number of aliphatic hydroxyl groups is 2. The third kappa shape index (κ3) is 7.77. The lowest BCUT2D eigenvalue weighted by molar-refractivity contribution is -0.0185. The second-order valence-corrected chi connectivity index (χ2v) is 12.1. The number of nitrogens with zero attached hydrogens (tertiary/aromatic N) is 1. The molecule has 3 N–H and O–H groups in total. The van der Waals surface area contributed by atoms with Crippen LogP contribution >= 0.6 is 33.9 Å². The van der Waals surface area contributed by atoms with Crippen molar-refractivity contribution in [1.29, 1.82) is 0 Å². The van der Waals surface area contributed by atoms with E-state index in [4.69, 9.17) is 4.74 Å². The number of likely N-dealkylation sites (tertiary alicyclic amines) is 1. The van der Waals surface area contributed by atoms with Gasteiger partial charge in [-0.05, 0) is 60.2 Å². The number of fused-ring (bicyclic) bond motifs is 1. The minimum absolute atomic E-state index is 0.0390. The van der Waals surface area contributed by atoms with Crippen LogP contribution < -0.4 is 0 Å². The summed E-state index contributed by atoms with van der Waals surface area (Å²) < 4.78 is 19.2. The van der Waals surface area contributed by atoms with Crippen molar-refractivity contribution in [1.82, 2.24) is 4.90 Å². The Bertz CT molecular complexity index is 1200. The van der Waals surface area contributed by atoms with Crippen LogP contribution in [0, 0.1) is 0 Å². The summed E-state index contributed by atoms with van der Waals surface area (Å²) in [6, 6.07) is 5.04. The van der Waals surface area contributed by atoms with Crippen molar-refractivity contribution in [3.63, 3.8) is 0 Å². The summed E-state index contributed by atoms with van der Waals surface area (Å²) in [5.74, 6) is 0.822. The van der Waals surface area contributed by atoms with Crippen LogP contribution in [-0.4, -0.2) is 62.7 Å². The van der Waals surface area contributed by atoms with Crippen molar-refractivity contribution in [2.75, 3.05) is 26.3 Å². The molecule has 0 radical (unpaired) electrons. The maximum atomic E-state index is 12.4. The van der Waals surface area contributed by atoms with E-state index in [-0.39, 0.29) is 22.5 Å². The molecule has 1 unspecified atom stereocenters. The number of aliphatic hydroxyl groups excluding tert-OH is 2. The molecule has 1 aliphatic heterocycles. The van der Waals surface area contributed by atoms with Gasteiger partial charge in [0.25, 0.3) is 0 Å². The fraction of sp³-hybridized carbons (Fsp3) is 0.379. The van der Waals surface area contributed by atoms with E-state index < -0.39 is 12.2 Å². The fourth-order valence-corrected chi connectivity index (χ4v) is 5.44. The van der Waals surface area contributed by atoms with Gasteiger partial charge in [0, 0.05) is 38.7 Å². The van der Waals surface area contributed by atoms with Crippen LogP contribution in [0.4, 0.5) is 4.39 Å². The third-order valence-corrected chi connectivity index (χ3v) is 8.15. The summed E-state index contributed by atoms with van der Waals surface area (Å²) in [4.78, 5) is 2.92. The van der Waals surface area contributed by atoms with Gasteiger partial charge in [0.15, 0.2) is 0 Å². The lowest BCUT2D eigenvalue weighted by Crippen LogP contribution is -2.52. The summed E-state index contributed by atoms with van der Waals surface area (Å²) >= 11 is 3.58. The molecule has 0 bridgehead atoms. The first-order chi connectivity index (χ1) is 17.6. The molecule has 1 aromatic heterocycles. The molecule has 0 spiro atoms. The molecule has 5 nitrogen and oxygen atoms in total. The van der Waals surface area contributed by atoms with E-state index in [1.54, 1.807) is 42.5 Å². The number of ether oxygens (including phenoxy) is 1. The van der Waals surface area contributed by atoms with E-state index in [1.165, 1.54) is 11.3 Å². The van der Waals surface area contributed by atoms with Crippen molar-refractivity contribution in [2.45, 2.75) is 42.5 Å². The van der Waals surface area contributed by atoms with Gasteiger partial charge in [0.2, 0.25) is 0 Å². The molecule has 2 aromatic rings. The van der Waals surface area contributed by atoms with E-state index in [0.717, 1.165) is 34.6 Å². The normalized spacial score (nSPS) is 17.8. The van der Waals surface area contributed by atoms with E-state index in [1.807, 2.05) is 19.9 Å². The third-order valence-electron chi connectivity index (χ3n) is 6.17. The largest absolute Gasteiger partial charge is 0.508 e. The first-order valence-electron chi connectivity index (χ1n) is 12.3. The van der Waals surface area contributed by atoms with Crippen molar-refractivity contribution in [2.24, 2.45) is 0 Å². The maximum Gasteiger partial charge on any atom is 0.124 e. The number of benzene rings is 1. The molecule has 1 saturated heterocycles. The molecular weight excluding hydrogens is 604 g/mol. The van der Waals surface area contributed by atoms with E-state index >= 15 is 0 Å². The van der Waals surface area contributed by atoms with Crippen molar-refractivity contribution in [3.8, 4) is 5.75 Å². The van der Waals surface area contributed by atoms with Crippen molar-refractivity contribution >= 4 is 49.6 Å². The van der Waals surface area contributed by atoms with E-state index in [9.17, 15) is 19.7 Å². The molecular formula is C29H35FINO4S. The highest BCUT2D eigenvalue weighted by Gasteiger charge is 2.28. The Morgan fingerprint density at radius 1 is 1.27 bits per heavy atom. The number of phenols is 1. The monoisotopic (exact) mass is 639 g/mol. The quantitative estimate of drug-likeness (QED) is 0.101. The molecule has 0 saturated carbocycles. The number of hydrogen-bond donors (Lipinski definition) is 3. The number of rotatable bonds is 13. The molecule has 1 fully saturated rings. The van der Waals surface area contributed by atoms with Gasteiger partial charge in [-0.15, -0.1) is 11.3 Å². The maximum absolute atomic E-state index is 12.4. The molecule has 1 aliphatic rings. The number of phenolic OH excluding ortho intramolecular Hbond substituents is 1. The summed E-state index contributed by atoms with van der Waals surface area (Å²) in [7, 11) is 0. The molecule has 2 heterocycles. The van der Waals surface area contributed by atoms with E-state index in [0.29, 0.717) is 28.9 Å². The minimum Gasteiger partial charge on any atom is -0.508 e. The van der Waals surface area contributed by atoms with Gasteiger partial charge < -0.3 is 20.1 Å². The van der Waals surface area contributed by atoms with Crippen LogP contribution in [0.15, 0.2) is 73.1 Å². The number of hydrogen-bond acceptors (Lipinski definition) is 6. The Labute approximate surface area is 236 Å². The zero-order valence-corrected chi connectivity index (χ0v) is 24.2. The molecule has 200 valence electrons. The van der Waals surface area contributed by atoms with Crippen molar-refractivity contribution < 1.29 is 24.4 Å². The Morgan fingerprint density at radius 3 is 2.65 bits per heavy atom. The Balaban J connectivity index is 1.78. The predicted octanol–water partition coefficient (Wildman–Crippen LogP) is 6.47. The summed E-state index contributed by atoms with van der Waals surface area (Å²) in [6.45, 7) is 14.1. The molecule has 3 rings (SSSR count). The molecule has 0 aliphatic carbocycles. The van der Waals surface area contributed by atoms with Gasteiger partial charge in [-0.1, -0.05) is 60.9 Å². The highest BCUT2D eigenvalue weighted by atomic mass is 127. The highest BCUT2D eigenvalue weighted by Crippen LogP contribution is 2.42. The summed E-state index contributed by atoms with van der Waals surface area (Å²) in [5.41, 5.74) is 1.79. The zero-order valence-electron chi connectivity index (χ0n) is 21.2. The standard InChI is InChI=1S/C29H35FINO4S/c1-5-22(36-23-16-32(17-23)14-6-13-30)10-7-18(2)28(35)27-24-11-9-21(33)15-26(24)37-29(27)19(3)8-12-25(34)20(4)31/h5,7-12,15,20,23,25,28,33-35H,2-3,6,13-14,16-17H2,1,4H3/b10-7-,12-8-,22-5+/t20?,25-,28+/m1/s1. The van der Waals surface area contributed by atoms with Crippen LogP contribution in [0.2, 0.25) is 0 Å². The molecule has 37 heavy (non-hydrogen) atoms. The van der Waals surface area contributed by atoms with Gasteiger partial charge in [-0.3, -0.25) is 9.29 Å². The van der Waals surface area contributed by atoms with Crippen LogP contribution in [-0.2, 0) is 4.74 Å². The van der Waals surface area contributed by atoms with Crippen LogP contribution in [0.5, 0.6) is 5.75 Å². The summed E-state index contributed by atoms with van der Waals surface area (Å²) in [6.07, 6.45) is 7.83. The number of halogens is 2. The molecule has 8 heteroatoms. The minimum atomic E-state index is -1.01. The average Bonchev–Trinajstić information content (AvgIpc) is 3.23. The van der Waals surface area contributed by atoms with Crippen LogP contribution in [0.1, 0.15) is 36.8 Å². The van der Waals surface area contributed by atoms with Crippen LogP contribution in [0.3, 0.4) is 0 Å². The molecule has 3 atom stereocenters. The Morgan fingerprint density at radius 2 is 2.00 bits per heavy atom. The van der Waals surface area contributed by atoms with Crippen LogP contribution in [0.25, 0.3) is 15.7 Å². The van der Waals surface area contributed by atoms with Gasteiger partial charge in [-0.25, -0.2) is 0 Å².